The molecule has 1 aliphatic carbocycles. The highest BCUT2D eigenvalue weighted by Crippen LogP contribution is 2.28. The van der Waals surface area contributed by atoms with Gasteiger partial charge in [-0.05, 0) is 32.1 Å². The number of aliphatic hydroxyl groups excluding tert-OH is 1. The molecule has 0 amide bonds. The van der Waals surface area contributed by atoms with Crippen LogP contribution in [-0.2, 0) is 19.4 Å². The zero-order chi connectivity index (χ0) is 13.7. The smallest absolute Gasteiger partial charge is 0.348 e. The van der Waals surface area contributed by atoms with E-state index in [1.54, 1.807) is 4.57 Å². The number of rotatable bonds is 5. The summed E-state index contributed by atoms with van der Waals surface area (Å²) in [6.45, 7) is 0.638. The average molecular weight is 278 g/mol. The Balaban J connectivity index is 2.41. The van der Waals surface area contributed by atoms with E-state index < -0.39 is 0 Å². The summed E-state index contributed by atoms with van der Waals surface area (Å²) < 4.78 is 1.73. The summed E-state index contributed by atoms with van der Waals surface area (Å²) in [4.78, 5) is 16.3. The number of nitrogens with zero attached hydrogens (tertiary/aromatic N) is 2. The quantitative estimate of drug-likeness (QED) is 0.500. The van der Waals surface area contributed by atoms with Crippen LogP contribution in [0.15, 0.2) is 9.82 Å². The number of aliphatic hydroxyl groups is 1. The van der Waals surface area contributed by atoms with Crippen molar-refractivity contribution >= 4 is 11.8 Å². The first kappa shape index (κ1) is 14.2. The minimum absolute atomic E-state index is 0.0921. The molecule has 0 unspecified atom stereocenters. The molecule has 1 heterocycles. The molecule has 0 atom stereocenters. The van der Waals surface area contributed by atoms with Crippen molar-refractivity contribution in [3.8, 4) is 12.3 Å². The summed E-state index contributed by atoms with van der Waals surface area (Å²) in [6.07, 6.45) is 9.99. The predicted octanol–water partition coefficient (Wildman–Crippen LogP) is 1.23. The fraction of sp³-hybridized carbons (Fsp3) is 0.571. The predicted molar refractivity (Wildman–Crippen MR) is 76.4 cm³/mol. The van der Waals surface area contributed by atoms with Crippen LogP contribution in [0, 0.1) is 12.3 Å². The average Bonchev–Trinajstić information content (AvgIpc) is 2.44. The molecule has 1 N–H and O–H groups in total. The minimum Gasteiger partial charge on any atom is -0.396 e. The molecule has 0 radical (unpaired) electrons. The van der Waals surface area contributed by atoms with Gasteiger partial charge in [-0.1, -0.05) is 17.7 Å². The molecule has 1 aromatic heterocycles. The van der Waals surface area contributed by atoms with E-state index in [9.17, 15) is 4.79 Å². The molecule has 4 nitrogen and oxygen atoms in total. The first-order valence-corrected chi connectivity index (χ1v) is 7.56. The topological polar surface area (TPSA) is 55.1 Å². The van der Waals surface area contributed by atoms with Crippen LogP contribution in [0.3, 0.4) is 0 Å². The lowest BCUT2D eigenvalue weighted by Gasteiger charge is -2.22. The highest BCUT2D eigenvalue weighted by molar-refractivity contribution is 7.99. The van der Waals surface area contributed by atoms with Crippen molar-refractivity contribution in [1.82, 2.24) is 9.55 Å². The van der Waals surface area contributed by atoms with E-state index in [-0.39, 0.29) is 12.3 Å². The normalized spacial score (nSPS) is 13.9. The van der Waals surface area contributed by atoms with E-state index in [0.29, 0.717) is 18.7 Å². The molecular weight excluding hydrogens is 260 g/mol. The van der Waals surface area contributed by atoms with Gasteiger partial charge in [0, 0.05) is 24.4 Å². The Hall–Kier alpha value is -1.25. The standard InChI is InChI=1S/C14H18N2O2S/c1-2-10-19-13-11-6-3-4-7-12(11)16(8-5-9-17)14(18)15-13/h1,17H,3-10H2. The first-order chi connectivity index (χ1) is 9.27. The van der Waals surface area contributed by atoms with Crippen molar-refractivity contribution in [2.24, 2.45) is 0 Å². The molecule has 0 spiro atoms. The summed E-state index contributed by atoms with van der Waals surface area (Å²) in [5.41, 5.74) is 2.07. The molecular formula is C14H18N2O2S. The van der Waals surface area contributed by atoms with Crippen LogP contribution in [0.5, 0.6) is 0 Å². The van der Waals surface area contributed by atoms with Gasteiger partial charge < -0.3 is 5.11 Å². The monoisotopic (exact) mass is 278 g/mol. The highest BCUT2D eigenvalue weighted by atomic mass is 32.2. The van der Waals surface area contributed by atoms with Gasteiger partial charge in [0.2, 0.25) is 0 Å². The summed E-state index contributed by atoms with van der Waals surface area (Å²) in [7, 11) is 0. The van der Waals surface area contributed by atoms with E-state index in [0.717, 1.165) is 36.4 Å². The van der Waals surface area contributed by atoms with Crippen LogP contribution < -0.4 is 5.69 Å². The van der Waals surface area contributed by atoms with Crippen LogP contribution in [0.25, 0.3) is 0 Å². The lowest BCUT2D eigenvalue weighted by molar-refractivity contribution is 0.277. The van der Waals surface area contributed by atoms with Crippen LogP contribution in [0.2, 0.25) is 0 Å². The first-order valence-electron chi connectivity index (χ1n) is 6.57. The van der Waals surface area contributed by atoms with Crippen LogP contribution in [0.1, 0.15) is 30.5 Å². The molecule has 0 saturated carbocycles. The third-order valence-corrected chi connectivity index (χ3v) is 4.20. The number of hydrogen-bond donors (Lipinski definition) is 1. The molecule has 0 aliphatic heterocycles. The Morgan fingerprint density at radius 3 is 2.95 bits per heavy atom. The van der Waals surface area contributed by atoms with Gasteiger partial charge in [-0.25, -0.2) is 4.79 Å². The summed E-state index contributed by atoms with van der Waals surface area (Å²) in [5.74, 6) is 3.11. The number of aromatic nitrogens is 2. The molecule has 1 aromatic rings. The Morgan fingerprint density at radius 1 is 1.42 bits per heavy atom. The second-order valence-corrected chi connectivity index (χ2v) is 5.52. The van der Waals surface area contributed by atoms with Gasteiger partial charge in [0.15, 0.2) is 0 Å². The molecule has 5 heteroatoms. The maximum atomic E-state index is 12.1. The Labute approximate surface area is 117 Å². The maximum absolute atomic E-state index is 12.1. The molecule has 0 saturated heterocycles. The van der Waals surface area contributed by atoms with Gasteiger partial charge in [0.05, 0.1) is 5.75 Å². The molecule has 1 aliphatic rings. The Bertz CT molecular complexity index is 546. The second kappa shape index (κ2) is 6.78. The van der Waals surface area contributed by atoms with Crippen LogP contribution >= 0.6 is 11.8 Å². The van der Waals surface area contributed by atoms with E-state index in [1.807, 2.05) is 0 Å². The zero-order valence-corrected chi connectivity index (χ0v) is 11.7. The van der Waals surface area contributed by atoms with Crippen molar-refractivity contribution in [3.05, 3.63) is 21.7 Å². The van der Waals surface area contributed by atoms with Gasteiger partial charge in [0.25, 0.3) is 0 Å². The van der Waals surface area contributed by atoms with Crippen molar-refractivity contribution in [1.29, 1.82) is 0 Å². The van der Waals surface area contributed by atoms with Crippen molar-refractivity contribution in [2.75, 3.05) is 12.4 Å². The zero-order valence-electron chi connectivity index (χ0n) is 10.9. The summed E-state index contributed by atoms with van der Waals surface area (Å²) in [6, 6.07) is 0. The van der Waals surface area contributed by atoms with Gasteiger partial charge >= 0.3 is 5.69 Å². The molecule has 0 fully saturated rings. The second-order valence-electron chi connectivity index (χ2n) is 4.55. The van der Waals surface area contributed by atoms with E-state index in [1.165, 1.54) is 17.3 Å². The third-order valence-electron chi connectivity index (χ3n) is 3.28. The minimum atomic E-state index is -0.214. The maximum Gasteiger partial charge on any atom is 0.348 e. The van der Waals surface area contributed by atoms with Crippen LogP contribution in [-0.4, -0.2) is 27.0 Å². The molecule has 102 valence electrons. The summed E-state index contributed by atoms with van der Waals surface area (Å²) in [5, 5.41) is 9.73. The number of fused-ring (bicyclic) bond motifs is 1. The largest absolute Gasteiger partial charge is 0.396 e. The number of terminal acetylenes is 1. The van der Waals surface area contributed by atoms with E-state index in [4.69, 9.17) is 11.5 Å². The van der Waals surface area contributed by atoms with Gasteiger partial charge in [-0.15, -0.1) is 6.42 Å². The van der Waals surface area contributed by atoms with Gasteiger partial charge in [-0.2, -0.15) is 4.98 Å². The molecule has 0 aromatic carbocycles. The fourth-order valence-electron chi connectivity index (χ4n) is 2.44. The SMILES string of the molecule is C#CCSc1nc(=O)n(CCCO)c2c1CCCC2. The van der Waals surface area contributed by atoms with Crippen molar-refractivity contribution in [3.63, 3.8) is 0 Å². The van der Waals surface area contributed by atoms with Crippen molar-refractivity contribution in [2.45, 2.75) is 43.7 Å². The molecule has 19 heavy (non-hydrogen) atoms. The fourth-order valence-corrected chi connectivity index (χ4v) is 3.19. The Morgan fingerprint density at radius 2 is 2.21 bits per heavy atom. The third kappa shape index (κ3) is 3.20. The van der Waals surface area contributed by atoms with Gasteiger partial charge in [0.1, 0.15) is 5.03 Å². The highest BCUT2D eigenvalue weighted by Gasteiger charge is 2.19. The molecule has 0 bridgehead atoms. The van der Waals surface area contributed by atoms with Crippen LogP contribution in [0.4, 0.5) is 0 Å². The van der Waals surface area contributed by atoms with E-state index >= 15 is 0 Å². The van der Waals surface area contributed by atoms with Gasteiger partial charge in [-0.3, -0.25) is 4.57 Å². The Kier molecular flexibility index (Phi) is 5.06. The summed E-state index contributed by atoms with van der Waals surface area (Å²) >= 11 is 1.47. The molecule has 2 rings (SSSR count). The lowest BCUT2D eigenvalue weighted by atomic mass is 9.97. The van der Waals surface area contributed by atoms with E-state index in [2.05, 4.69) is 10.9 Å². The number of thioether (sulfide) groups is 1. The lowest BCUT2D eigenvalue weighted by Crippen LogP contribution is -2.30. The number of hydrogen-bond acceptors (Lipinski definition) is 4. The van der Waals surface area contributed by atoms with Crippen molar-refractivity contribution < 1.29 is 5.11 Å².